The van der Waals surface area contributed by atoms with E-state index in [1.807, 2.05) is 30.3 Å². The van der Waals surface area contributed by atoms with Crippen molar-refractivity contribution in [1.29, 1.82) is 0 Å². The molecule has 172 valence electrons. The molecule has 0 saturated heterocycles. The number of benzene rings is 1. The maximum atomic E-state index is 12.8. The van der Waals surface area contributed by atoms with E-state index < -0.39 is 40.8 Å². The van der Waals surface area contributed by atoms with Crippen molar-refractivity contribution in [3.05, 3.63) is 60.2 Å². The zero-order chi connectivity index (χ0) is 23.6. The minimum atomic E-state index is -3.40. The molecule has 12 heteroatoms. The first-order valence-corrected chi connectivity index (χ1v) is 12.2. The highest BCUT2D eigenvalue weighted by Gasteiger charge is 2.30. The molecule has 0 aliphatic heterocycles. The van der Waals surface area contributed by atoms with Gasteiger partial charge in [-0.1, -0.05) is 30.3 Å². The molecular formula is C20H27BN4O6S. The van der Waals surface area contributed by atoms with Gasteiger partial charge in [0.25, 0.3) is 5.91 Å². The molecule has 2 rings (SSSR count). The Morgan fingerprint density at radius 2 is 1.81 bits per heavy atom. The third kappa shape index (κ3) is 9.12. The van der Waals surface area contributed by atoms with Crippen LogP contribution in [-0.4, -0.2) is 71.4 Å². The second kappa shape index (κ2) is 12.3. The number of hydrogen-bond donors (Lipinski definition) is 4. The van der Waals surface area contributed by atoms with Crippen LogP contribution in [0.1, 0.15) is 35.3 Å². The van der Waals surface area contributed by atoms with Crippen LogP contribution in [0.5, 0.6) is 0 Å². The van der Waals surface area contributed by atoms with Gasteiger partial charge in [0.05, 0.1) is 17.9 Å². The SMILES string of the molecule is CS(=O)(=O)CC[C@@H](NC(=O)c1cnccn1)C(=O)N[C@@H](CCCc1ccccc1)B(O)O. The number of aromatic nitrogens is 2. The van der Waals surface area contributed by atoms with Crippen LogP contribution in [0.3, 0.4) is 0 Å². The second-order valence-electron chi connectivity index (χ2n) is 7.44. The lowest BCUT2D eigenvalue weighted by Gasteiger charge is -2.23. The zero-order valence-corrected chi connectivity index (χ0v) is 18.5. The van der Waals surface area contributed by atoms with Crippen molar-refractivity contribution in [2.75, 3.05) is 12.0 Å². The highest BCUT2D eigenvalue weighted by atomic mass is 32.2. The van der Waals surface area contributed by atoms with Gasteiger partial charge in [-0.25, -0.2) is 13.4 Å². The van der Waals surface area contributed by atoms with Gasteiger partial charge in [0, 0.05) is 18.6 Å². The first-order valence-electron chi connectivity index (χ1n) is 10.1. The van der Waals surface area contributed by atoms with Gasteiger partial charge in [0.15, 0.2) is 0 Å². The fraction of sp³-hybridized carbons (Fsp3) is 0.400. The van der Waals surface area contributed by atoms with Gasteiger partial charge in [0.1, 0.15) is 21.6 Å². The summed E-state index contributed by atoms with van der Waals surface area (Å²) in [7, 11) is -5.22. The van der Waals surface area contributed by atoms with E-state index in [0.717, 1.165) is 11.8 Å². The van der Waals surface area contributed by atoms with Crippen molar-refractivity contribution >= 4 is 28.8 Å². The van der Waals surface area contributed by atoms with Crippen LogP contribution in [0.25, 0.3) is 0 Å². The molecule has 0 radical (unpaired) electrons. The number of aryl methyl sites for hydroxylation is 1. The summed E-state index contributed by atoms with van der Waals surface area (Å²) >= 11 is 0. The number of nitrogens with zero attached hydrogens (tertiary/aromatic N) is 2. The molecule has 0 spiro atoms. The average molecular weight is 462 g/mol. The number of carbonyl (C=O) groups excluding carboxylic acids is 2. The van der Waals surface area contributed by atoms with E-state index in [4.69, 9.17) is 0 Å². The van der Waals surface area contributed by atoms with Crippen LogP contribution < -0.4 is 10.6 Å². The Kier molecular flexibility index (Phi) is 9.75. The number of amides is 2. The van der Waals surface area contributed by atoms with E-state index in [1.165, 1.54) is 18.6 Å². The van der Waals surface area contributed by atoms with E-state index in [9.17, 15) is 28.1 Å². The summed E-state index contributed by atoms with van der Waals surface area (Å²) in [6.07, 6.45) is 6.28. The standard InChI is InChI=1S/C20H27BN4O6S/c1-32(30,31)13-10-16(24-20(27)17-14-22-11-12-23-17)19(26)25-18(21(28)29)9-5-8-15-6-3-2-4-7-15/h2-4,6-7,11-12,14,16,18,28-29H,5,8-10,13H2,1H3,(H,24,27)(H,25,26)/t16-,18+/m1/s1. The predicted molar refractivity (Wildman–Crippen MR) is 119 cm³/mol. The summed E-state index contributed by atoms with van der Waals surface area (Å²) in [5.41, 5.74) is 1.04. The van der Waals surface area contributed by atoms with E-state index in [-0.39, 0.29) is 24.3 Å². The summed E-state index contributed by atoms with van der Waals surface area (Å²) in [4.78, 5) is 32.8. The molecule has 2 aromatic rings. The summed E-state index contributed by atoms with van der Waals surface area (Å²) in [5, 5.41) is 24.4. The number of sulfone groups is 1. The lowest BCUT2D eigenvalue weighted by atomic mass is 9.76. The topological polar surface area (TPSA) is 159 Å². The van der Waals surface area contributed by atoms with Crippen LogP contribution in [0.15, 0.2) is 48.9 Å². The molecule has 1 aromatic heterocycles. The van der Waals surface area contributed by atoms with Crippen molar-refractivity contribution < 1.29 is 28.1 Å². The molecule has 0 bridgehead atoms. The molecule has 1 aromatic carbocycles. The number of hydrogen-bond acceptors (Lipinski definition) is 8. The molecule has 2 atom stereocenters. The molecule has 10 nitrogen and oxygen atoms in total. The minimum absolute atomic E-state index is 0.0359. The van der Waals surface area contributed by atoms with E-state index in [0.29, 0.717) is 12.8 Å². The summed E-state index contributed by atoms with van der Waals surface area (Å²) in [6.45, 7) is 0. The van der Waals surface area contributed by atoms with Crippen molar-refractivity contribution in [2.45, 2.75) is 37.7 Å². The van der Waals surface area contributed by atoms with Crippen molar-refractivity contribution in [3.8, 4) is 0 Å². The second-order valence-corrected chi connectivity index (χ2v) is 9.70. The zero-order valence-electron chi connectivity index (χ0n) is 17.7. The van der Waals surface area contributed by atoms with Gasteiger partial charge in [-0.2, -0.15) is 0 Å². The Morgan fingerprint density at radius 1 is 1.09 bits per heavy atom. The van der Waals surface area contributed by atoms with Gasteiger partial charge in [-0.3, -0.25) is 14.6 Å². The Hall–Kier alpha value is -2.83. The molecule has 0 aliphatic rings. The van der Waals surface area contributed by atoms with Crippen molar-refractivity contribution in [1.82, 2.24) is 20.6 Å². The highest BCUT2D eigenvalue weighted by Crippen LogP contribution is 2.08. The molecule has 32 heavy (non-hydrogen) atoms. The fourth-order valence-corrected chi connectivity index (χ4v) is 3.66. The molecule has 0 fully saturated rings. The lowest BCUT2D eigenvalue weighted by molar-refractivity contribution is -0.123. The first-order chi connectivity index (χ1) is 15.2. The Bertz CT molecular complexity index is 976. The Balaban J connectivity index is 2.03. The fourth-order valence-electron chi connectivity index (χ4n) is 3.00. The van der Waals surface area contributed by atoms with Gasteiger partial charge >= 0.3 is 7.12 Å². The number of rotatable bonds is 12. The van der Waals surface area contributed by atoms with Crippen LogP contribution >= 0.6 is 0 Å². The van der Waals surface area contributed by atoms with Crippen LogP contribution in [0, 0.1) is 0 Å². The molecule has 2 amide bonds. The monoisotopic (exact) mass is 462 g/mol. The first kappa shape index (κ1) is 25.4. The van der Waals surface area contributed by atoms with Crippen LogP contribution in [0.2, 0.25) is 0 Å². The largest absolute Gasteiger partial charge is 0.475 e. The van der Waals surface area contributed by atoms with E-state index in [2.05, 4.69) is 20.6 Å². The van der Waals surface area contributed by atoms with Crippen molar-refractivity contribution in [2.24, 2.45) is 0 Å². The van der Waals surface area contributed by atoms with Crippen LogP contribution in [-0.2, 0) is 21.1 Å². The Morgan fingerprint density at radius 3 is 2.41 bits per heavy atom. The summed E-state index contributed by atoms with van der Waals surface area (Å²) < 4.78 is 23.1. The quantitative estimate of drug-likeness (QED) is 0.308. The third-order valence-electron chi connectivity index (χ3n) is 4.71. The summed E-state index contributed by atoms with van der Waals surface area (Å²) in [5.74, 6) is -2.74. The maximum absolute atomic E-state index is 12.8. The highest BCUT2D eigenvalue weighted by molar-refractivity contribution is 7.90. The summed E-state index contributed by atoms with van der Waals surface area (Å²) in [6, 6.07) is 8.40. The molecule has 0 saturated carbocycles. The van der Waals surface area contributed by atoms with Gasteiger partial charge < -0.3 is 20.7 Å². The number of nitrogens with one attached hydrogen (secondary N) is 2. The van der Waals surface area contributed by atoms with Gasteiger partial charge in [0.2, 0.25) is 5.91 Å². The molecule has 0 aliphatic carbocycles. The van der Waals surface area contributed by atoms with Crippen molar-refractivity contribution in [3.63, 3.8) is 0 Å². The van der Waals surface area contributed by atoms with E-state index in [1.54, 1.807) is 0 Å². The van der Waals surface area contributed by atoms with Gasteiger partial charge in [-0.05, 0) is 31.2 Å². The Labute approximate surface area is 187 Å². The average Bonchev–Trinajstić information content (AvgIpc) is 2.76. The normalized spacial score (nSPS) is 13.1. The smallest absolute Gasteiger partial charge is 0.426 e. The molecule has 0 unspecified atom stereocenters. The number of carbonyl (C=O) groups is 2. The predicted octanol–water partition coefficient (Wildman–Crippen LogP) is -0.471. The van der Waals surface area contributed by atoms with Gasteiger partial charge in [-0.15, -0.1) is 0 Å². The maximum Gasteiger partial charge on any atom is 0.475 e. The molecular weight excluding hydrogens is 435 g/mol. The lowest BCUT2D eigenvalue weighted by Crippen LogP contribution is -2.54. The van der Waals surface area contributed by atoms with E-state index >= 15 is 0 Å². The molecule has 4 N–H and O–H groups in total. The van der Waals surface area contributed by atoms with Crippen LogP contribution in [0.4, 0.5) is 0 Å². The minimum Gasteiger partial charge on any atom is -0.426 e. The third-order valence-corrected chi connectivity index (χ3v) is 5.68. The molecule has 1 heterocycles.